The SMILES string of the molecule is CCCc1ccccc1NCc1ccc(C(=O)NC)cc1. The van der Waals surface area contributed by atoms with Crippen molar-refractivity contribution in [3.63, 3.8) is 0 Å². The number of nitrogens with one attached hydrogen (secondary N) is 2. The molecule has 0 aromatic heterocycles. The summed E-state index contributed by atoms with van der Waals surface area (Å²) in [5.41, 5.74) is 4.39. The number of carbonyl (C=O) groups is 1. The third kappa shape index (κ3) is 4.09. The van der Waals surface area contributed by atoms with Crippen molar-refractivity contribution in [2.24, 2.45) is 0 Å². The number of hydrogen-bond acceptors (Lipinski definition) is 2. The summed E-state index contributed by atoms with van der Waals surface area (Å²) < 4.78 is 0. The molecule has 0 bridgehead atoms. The summed E-state index contributed by atoms with van der Waals surface area (Å²) in [5, 5.41) is 6.10. The molecule has 3 nitrogen and oxygen atoms in total. The maximum Gasteiger partial charge on any atom is 0.251 e. The van der Waals surface area contributed by atoms with Gasteiger partial charge in [0, 0.05) is 24.8 Å². The van der Waals surface area contributed by atoms with E-state index in [1.54, 1.807) is 7.05 Å². The molecule has 0 aliphatic rings. The van der Waals surface area contributed by atoms with Crippen LogP contribution in [0, 0.1) is 0 Å². The van der Waals surface area contributed by atoms with Crippen molar-refractivity contribution in [1.29, 1.82) is 0 Å². The van der Waals surface area contributed by atoms with E-state index in [2.05, 4.69) is 41.8 Å². The first-order valence-corrected chi connectivity index (χ1v) is 7.37. The number of benzene rings is 2. The van der Waals surface area contributed by atoms with E-state index in [9.17, 15) is 4.79 Å². The van der Waals surface area contributed by atoms with E-state index in [1.165, 1.54) is 11.3 Å². The molecule has 2 aromatic rings. The van der Waals surface area contributed by atoms with Crippen molar-refractivity contribution in [2.45, 2.75) is 26.3 Å². The van der Waals surface area contributed by atoms with Crippen LogP contribution >= 0.6 is 0 Å². The molecule has 1 amide bonds. The van der Waals surface area contributed by atoms with Crippen LogP contribution in [0.25, 0.3) is 0 Å². The van der Waals surface area contributed by atoms with Crippen molar-refractivity contribution in [3.8, 4) is 0 Å². The van der Waals surface area contributed by atoms with Gasteiger partial charge in [0.2, 0.25) is 0 Å². The van der Waals surface area contributed by atoms with Gasteiger partial charge in [-0.25, -0.2) is 0 Å². The molecule has 0 heterocycles. The Bertz CT molecular complexity index is 590. The molecule has 110 valence electrons. The Morgan fingerprint density at radius 3 is 2.43 bits per heavy atom. The highest BCUT2D eigenvalue weighted by atomic mass is 16.1. The van der Waals surface area contributed by atoms with Crippen LogP contribution in [0.3, 0.4) is 0 Å². The fourth-order valence-electron chi connectivity index (χ4n) is 2.30. The molecule has 2 N–H and O–H groups in total. The van der Waals surface area contributed by atoms with Crippen LogP contribution in [0.5, 0.6) is 0 Å². The van der Waals surface area contributed by atoms with Crippen molar-refractivity contribution >= 4 is 11.6 Å². The normalized spacial score (nSPS) is 10.2. The first kappa shape index (κ1) is 15.1. The Labute approximate surface area is 126 Å². The van der Waals surface area contributed by atoms with Gasteiger partial charge in [-0.05, 0) is 35.7 Å². The summed E-state index contributed by atoms with van der Waals surface area (Å²) >= 11 is 0. The van der Waals surface area contributed by atoms with Crippen molar-refractivity contribution in [2.75, 3.05) is 12.4 Å². The van der Waals surface area contributed by atoms with E-state index in [0.29, 0.717) is 5.56 Å². The van der Waals surface area contributed by atoms with Gasteiger partial charge >= 0.3 is 0 Å². The van der Waals surface area contributed by atoms with Crippen molar-refractivity contribution in [3.05, 3.63) is 65.2 Å². The van der Waals surface area contributed by atoms with Gasteiger partial charge in [0.1, 0.15) is 0 Å². The number of rotatable bonds is 6. The van der Waals surface area contributed by atoms with Crippen LogP contribution < -0.4 is 10.6 Å². The summed E-state index contributed by atoms with van der Waals surface area (Å²) in [6.45, 7) is 2.95. The summed E-state index contributed by atoms with van der Waals surface area (Å²) in [6, 6.07) is 16.1. The zero-order valence-electron chi connectivity index (χ0n) is 12.6. The molecule has 0 saturated carbocycles. The smallest absolute Gasteiger partial charge is 0.251 e. The van der Waals surface area contributed by atoms with Gasteiger partial charge < -0.3 is 10.6 Å². The van der Waals surface area contributed by atoms with E-state index in [4.69, 9.17) is 0 Å². The number of aryl methyl sites for hydroxylation is 1. The second kappa shape index (κ2) is 7.48. The highest BCUT2D eigenvalue weighted by Gasteiger charge is 2.03. The van der Waals surface area contributed by atoms with Gasteiger partial charge in [-0.15, -0.1) is 0 Å². The standard InChI is InChI=1S/C18H22N2O/c1-3-6-15-7-4-5-8-17(15)20-13-14-9-11-16(12-10-14)18(21)19-2/h4-5,7-12,20H,3,6,13H2,1-2H3,(H,19,21). The highest BCUT2D eigenvalue weighted by molar-refractivity contribution is 5.93. The molecule has 2 aromatic carbocycles. The quantitative estimate of drug-likeness (QED) is 0.849. The Morgan fingerprint density at radius 1 is 1.05 bits per heavy atom. The lowest BCUT2D eigenvalue weighted by atomic mass is 10.1. The molecule has 0 spiro atoms. The zero-order valence-corrected chi connectivity index (χ0v) is 12.6. The minimum atomic E-state index is -0.0530. The number of amides is 1. The summed E-state index contributed by atoms with van der Waals surface area (Å²) in [7, 11) is 1.64. The molecule has 0 saturated heterocycles. The van der Waals surface area contributed by atoms with E-state index in [-0.39, 0.29) is 5.91 Å². The molecular formula is C18H22N2O. The van der Waals surface area contributed by atoms with Gasteiger partial charge in [-0.1, -0.05) is 43.7 Å². The number of para-hydroxylation sites is 1. The monoisotopic (exact) mass is 282 g/mol. The third-order valence-electron chi connectivity index (χ3n) is 3.46. The van der Waals surface area contributed by atoms with E-state index in [0.717, 1.165) is 24.9 Å². The molecule has 0 radical (unpaired) electrons. The summed E-state index contributed by atoms with van der Waals surface area (Å²) in [4.78, 5) is 11.5. The van der Waals surface area contributed by atoms with Gasteiger partial charge in [-0.2, -0.15) is 0 Å². The Hall–Kier alpha value is -2.29. The Kier molecular flexibility index (Phi) is 5.38. The first-order valence-electron chi connectivity index (χ1n) is 7.37. The lowest BCUT2D eigenvalue weighted by Crippen LogP contribution is -2.17. The largest absolute Gasteiger partial charge is 0.381 e. The molecule has 0 unspecified atom stereocenters. The van der Waals surface area contributed by atoms with Crippen molar-refractivity contribution in [1.82, 2.24) is 5.32 Å². The van der Waals surface area contributed by atoms with Crippen LogP contribution in [0.15, 0.2) is 48.5 Å². The van der Waals surface area contributed by atoms with E-state index >= 15 is 0 Å². The molecule has 0 aliphatic carbocycles. The van der Waals surface area contributed by atoms with Gasteiger partial charge in [-0.3, -0.25) is 4.79 Å². The molecule has 2 rings (SSSR count). The first-order chi connectivity index (χ1) is 10.2. The molecule has 0 atom stereocenters. The molecule has 3 heteroatoms. The number of hydrogen-bond donors (Lipinski definition) is 2. The minimum absolute atomic E-state index is 0.0530. The van der Waals surface area contributed by atoms with Crippen LogP contribution in [-0.4, -0.2) is 13.0 Å². The number of carbonyl (C=O) groups excluding carboxylic acids is 1. The summed E-state index contributed by atoms with van der Waals surface area (Å²) in [6.07, 6.45) is 2.22. The predicted molar refractivity (Wildman–Crippen MR) is 87.6 cm³/mol. The topological polar surface area (TPSA) is 41.1 Å². The van der Waals surface area contributed by atoms with Crippen LogP contribution in [0.2, 0.25) is 0 Å². The molecule has 0 aliphatic heterocycles. The second-order valence-corrected chi connectivity index (χ2v) is 5.04. The van der Waals surface area contributed by atoms with Gasteiger partial charge in [0.25, 0.3) is 5.91 Å². The predicted octanol–water partition coefficient (Wildman–Crippen LogP) is 3.61. The average molecular weight is 282 g/mol. The Morgan fingerprint density at radius 2 is 1.76 bits per heavy atom. The van der Waals surface area contributed by atoms with Crippen LogP contribution in [0.1, 0.15) is 34.8 Å². The van der Waals surface area contributed by atoms with E-state index < -0.39 is 0 Å². The number of anilines is 1. The fourth-order valence-corrected chi connectivity index (χ4v) is 2.30. The van der Waals surface area contributed by atoms with Gasteiger partial charge in [0.15, 0.2) is 0 Å². The van der Waals surface area contributed by atoms with Crippen LogP contribution in [0.4, 0.5) is 5.69 Å². The van der Waals surface area contributed by atoms with Gasteiger partial charge in [0.05, 0.1) is 0 Å². The van der Waals surface area contributed by atoms with Crippen molar-refractivity contribution < 1.29 is 4.79 Å². The van der Waals surface area contributed by atoms with Crippen LogP contribution in [-0.2, 0) is 13.0 Å². The minimum Gasteiger partial charge on any atom is -0.381 e. The fraction of sp³-hybridized carbons (Fsp3) is 0.278. The van der Waals surface area contributed by atoms with E-state index in [1.807, 2.05) is 24.3 Å². The molecule has 21 heavy (non-hydrogen) atoms. The molecular weight excluding hydrogens is 260 g/mol. The third-order valence-corrected chi connectivity index (χ3v) is 3.46. The average Bonchev–Trinajstić information content (AvgIpc) is 2.54. The molecule has 0 fully saturated rings. The second-order valence-electron chi connectivity index (χ2n) is 5.04. The Balaban J connectivity index is 2.01. The maximum atomic E-state index is 11.5. The maximum absolute atomic E-state index is 11.5. The highest BCUT2D eigenvalue weighted by Crippen LogP contribution is 2.18. The lowest BCUT2D eigenvalue weighted by Gasteiger charge is -2.12. The lowest BCUT2D eigenvalue weighted by molar-refractivity contribution is 0.0963. The summed E-state index contributed by atoms with van der Waals surface area (Å²) in [5.74, 6) is -0.0530. The zero-order chi connectivity index (χ0) is 15.1.